The van der Waals surface area contributed by atoms with E-state index in [0.29, 0.717) is 5.56 Å². The van der Waals surface area contributed by atoms with Gasteiger partial charge >= 0.3 is 0 Å². The van der Waals surface area contributed by atoms with E-state index in [-0.39, 0.29) is 18.8 Å². The molecule has 0 spiro atoms. The predicted octanol–water partition coefficient (Wildman–Crippen LogP) is 1.04. The van der Waals surface area contributed by atoms with Crippen molar-refractivity contribution in [2.75, 3.05) is 17.1 Å². The topological polar surface area (TPSA) is 103 Å². The van der Waals surface area contributed by atoms with Crippen LogP contribution in [0, 0.1) is 11.3 Å². The first kappa shape index (κ1) is 17.4. The van der Waals surface area contributed by atoms with Gasteiger partial charge in [0, 0.05) is 18.9 Å². The Kier molecular flexibility index (Phi) is 5.50. The Hall–Kier alpha value is -2.92. The minimum atomic E-state index is -3.67. The Morgan fingerprint density at radius 1 is 1.29 bits per heavy atom. The summed E-state index contributed by atoms with van der Waals surface area (Å²) in [5.41, 5.74) is 1.45. The fourth-order valence-corrected chi connectivity index (χ4v) is 2.87. The number of nitrogens with zero attached hydrogens (tertiary/aromatic N) is 3. The first-order valence-electron chi connectivity index (χ1n) is 7.03. The minimum absolute atomic E-state index is 0.274. The van der Waals surface area contributed by atoms with Gasteiger partial charge in [-0.1, -0.05) is 6.07 Å². The van der Waals surface area contributed by atoms with Gasteiger partial charge in [-0.15, -0.1) is 0 Å². The van der Waals surface area contributed by atoms with E-state index in [1.807, 2.05) is 6.07 Å². The van der Waals surface area contributed by atoms with Crippen molar-refractivity contribution in [3.05, 3.63) is 59.9 Å². The fraction of sp³-hybridized carbons (Fsp3) is 0.188. The van der Waals surface area contributed by atoms with E-state index >= 15 is 0 Å². The van der Waals surface area contributed by atoms with E-state index in [2.05, 4.69) is 10.3 Å². The molecule has 2 rings (SSSR count). The zero-order valence-electron chi connectivity index (χ0n) is 13.0. The first-order valence-corrected chi connectivity index (χ1v) is 8.88. The van der Waals surface area contributed by atoms with Crippen molar-refractivity contribution < 1.29 is 13.2 Å². The average molecular weight is 344 g/mol. The maximum absolute atomic E-state index is 12.1. The molecule has 1 N–H and O–H groups in total. The van der Waals surface area contributed by atoms with Crippen LogP contribution in [-0.4, -0.2) is 32.1 Å². The van der Waals surface area contributed by atoms with E-state index in [4.69, 9.17) is 5.26 Å². The highest BCUT2D eigenvalue weighted by Gasteiger charge is 2.21. The molecule has 0 fully saturated rings. The van der Waals surface area contributed by atoms with Crippen LogP contribution in [0.1, 0.15) is 11.1 Å². The highest BCUT2D eigenvalue weighted by atomic mass is 32.2. The monoisotopic (exact) mass is 344 g/mol. The van der Waals surface area contributed by atoms with Crippen LogP contribution in [-0.2, 0) is 21.4 Å². The second-order valence-corrected chi connectivity index (χ2v) is 6.97. The predicted molar refractivity (Wildman–Crippen MR) is 89.4 cm³/mol. The van der Waals surface area contributed by atoms with Crippen molar-refractivity contribution in [3.63, 3.8) is 0 Å². The lowest BCUT2D eigenvalue weighted by molar-refractivity contribution is -0.119. The third-order valence-electron chi connectivity index (χ3n) is 3.19. The molecule has 8 heteroatoms. The van der Waals surface area contributed by atoms with Gasteiger partial charge in [-0.3, -0.25) is 14.1 Å². The van der Waals surface area contributed by atoms with E-state index < -0.39 is 15.9 Å². The zero-order valence-corrected chi connectivity index (χ0v) is 13.8. The van der Waals surface area contributed by atoms with Crippen molar-refractivity contribution in [2.45, 2.75) is 6.54 Å². The number of sulfonamides is 1. The number of benzene rings is 1. The number of carbonyl (C=O) groups is 1. The van der Waals surface area contributed by atoms with Crippen molar-refractivity contribution in [3.8, 4) is 6.07 Å². The van der Waals surface area contributed by atoms with Crippen LogP contribution in [0.15, 0.2) is 48.8 Å². The Labute approximate surface area is 140 Å². The largest absolute Gasteiger partial charge is 0.350 e. The molecule has 0 radical (unpaired) electrons. The van der Waals surface area contributed by atoms with Crippen LogP contribution in [0.3, 0.4) is 0 Å². The standard InChI is InChI=1S/C16H16N4O3S/c1-24(22,23)20(15-4-2-3-14(9-15)10-17)12-16(21)19-11-13-5-7-18-8-6-13/h2-9H,11-12H2,1H3,(H,19,21). The van der Waals surface area contributed by atoms with Gasteiger partial charge < -0.3 is 5.32 Å². The van der Waals surface area contributed by atoms with Crippen molar-refractivity contribution in [1.82, 2.24) is 10.3 Å². The average Bonchev–Trinajstić information content (AvgIpc) is 2.58. The highest BCUT2D eigenvalue weighted by Crippen LogP contribution is 2.18. The molecule has 24 heavy (non-hydrogen) atoms. The van der Waals surface area contributed by atoms with Crippen LogP contribution in [0.4, 0.5) is 5.69 Å². The van der Waals surface area contributed by atoms with Crippen LogP contribution >= 0.6 is 0 Å². The molecule has 1 aromatic carbocycles. The molecule has 1 amide bonds. The molecule has 1 aromatic heterocycles. The molecule has 124 valence electrons. The summed E-state index contributed by atoms with van der Waals surface area (Å²) >= 11 is 0. The SMILES string of the molecule is CS(=O)(=O)N(CC(=O)NCc1ccncc1)c1cccc(C#N)c1. The molecule has 0 atom stereocenters. The van der Waals surface area contributed by atoms with E-state index in [1.54, 1.807) is 36.7 Å². The lowest BCUT2D eigenvalue weighted by Gasteiger charge is -2.22. The fourth-order valence-electron chi connectivity index (χ4n) is 2.02. The van der Waals surface area contributed by atoms with Gasteiger partial charge in [-0.05, 0) is 35.9 Å². The molecule has 0 saturated heterocycles. The molecule has 0 aliphatic heterocycles. The number of pyridine rings is 1. The molecular formula is C16H16N4O3S. The van der Waals surface area contributed by atoms with E-state index in [1.165, 1.54) is 12.1 Å². The van der Waals surface area contributed by atoms with Crippen LogP contribution in [0.2, 0.25) is 0 Å². The summed E-state index contributed by atoms with van der Waals surface area (Å²) in [4.78, 5) is 16.0. The third-order valence-corrected chi connectivity index (χ3v) is 4.33. The van der Waals surface area contributed by atoms with Crippen LogP contribution in [0.25, 0.3) is 0 Å². The number of rotatable bonds is 6. The van der Waals surface area contributed by atoms with Gasteiger partial charge in [0.1, 0.15) is 6.54 Å². The molecule has 2 aromatic rings. The van der Waals surface area contributed by atoms with Crippen molar-refractivity contribution in [1.29, 1.82) is 5.26 Å². The molecular weight excluding hydrogens is 328 g/mol. The summed E-state index contributed by atoms with van der Waals surface area (Å²) in [6, 6.07) is 11.6. The number of aromatic nitrogens is 1. The van der Waals surface area contributed by atoms with Gasteiger partial charge in [0.15, 0.2) is 0 Å². The molecule has 0 aliphatic carbocycles. The molecule has 0 bridgehead atoms. The number of carbonyl (C=O) groups excluding carboxylic acids is 1. The summed E-state index contributed by atoms with van der Waals surface area (Å²) in [7, 11) is -3.67. The normalized spacial score (nSPS) is 10.7. The smallest absolute Gasteiger partial charge is 0.241 e. The second-order valence-electron chi connectivity index (χ2n) is 5.06. The number of hydrogen-bond donors (Lipinski definition) is 1. The number of hydrogen-bond acceptors (Lipinski definition) is 5. The summed E-state index contributed by atoms with van der Waals surface area (Å²) in [5, 5.41) is 11.6. The summed E-state index contributed by atoms with van der Waals surface area (Å²) in [6.07, 6.45) is 4.23. The lowest BCUT2D eigenvalue weighted by atomic mass is 10.2. The maximum atomic E-state index is 12.1. The zero-order chi connectivity index (χ0) is 17.6. The van der Waals surface area contributed by atoms with Crippen LogP contribution in [0.5, 0.6) is 0 Å². The number of amides is 1. The van der Waals surface area contributed by atoms with E-state index in [0.717, 1.165) is 16.1 Å². The van der Waals surface area contributed by atoms with Crippen molar-refractivity contribution >= 4 is 21.6 Å². The quantitative estimate of drug-likeness (QED) is 0.843. The Bertz CT molecular complexity index is 860. The minimum Gasteiger partial charge on any atom is -0.350 e. The summed E-state index contributed by atoms with van der Waals surface area (Å²) < 4.78 is 25.0. The summed E-state index contributed by atoms with van der Waals surface area (Å²) in [6.45, 7) is -0.0873. The molecule has 7 nitrogen and oxygen atoms in total. The molecule has 0 aliphatic rings. The Morgan fingerprint density at radius 3 is 2.62 bits per heavy atom. The van der Waals surface area contributed by atoms with Crippen LogP contribution < -0.4 is 9.62 Å². The summed E-state index contributed by atoms with van der Waals surface area (Å²) in [5.74, 6) is -0.445. The molecule has 1 heterocycles. The number of nitrogens with one attached hydrogen (secondary N) is 1. The second kappa shape index (κ2) is 7.57. The number of nitriles is 1. The molecule has 0 saturated carbocycles. The third kappa shape index (κ3) is 4.79. The van der Waals surface area contributed by atoms with Crippen molar-refractivity contribution in [2.24, 2.45) is 0 Å². The van der Waals surface area contributed by atoms with Gasteiger partial charge in [0.2, 0.25) is 15.9 Å². The first-order chi connectivity index (χ1) is 11.4. The van der Waals surface area contributed by atoms with Gasteiger partial charge in [0.25, 0.3) is 0 Å². The Balaban J connectivity index is 2.12. The highest BCUT2D eigenvalue weighted by molar-refractivity contribution is 7.92. The Morgan fingerprint density at radius 2 is 2.00 bits per heavy atom. The lowest BCUT2D eigenvalue weighted by Crippen LogP contribution is -2.40. The van der Waals surface area contributed by atoms with Gasteiger partial charge in [0.05, 0.1) is 23.6 Å². The number of anilines is 1. The maximum Gasteiger partial charge on any atom is 0.241 e. The van der Waals surface area contributed by atoms with Gasteiger partial charge in [-0.2, -0.15) is 5.26 Å². The van der Waals surface area contributed by atoms with E-state index in [9.17, 15) is 13.2 Å². The molecule has 0 unspecified atom stereocenters. The van der Waals surface area contributed by atoms with Gasteiger partial charge in [-0.25, -0.2) is 8.42 Å².